The molecule has 0 unspecified atom stereocenters. The fraction of sp³-hybridized carbons (Fsp3) is 0.462. The van der Waals surface area contributed by atoms with Crippen molar-refractivity contribution >= 4 is 11.8 Å². The number of tetrazole rings is 1. The number of hydrogen-bond acceptors (Lipinski definition) is 4. The third-order valence-electron chi connectivity index (χ3n) is 2.98. The van der Waals surface area contributed by atoms with Crippen LogP contribution in [0.15, 0.2) is 35.5 Å². The van der Waals surface area contributed by atoms with Crippen molar-refractivity contribution < 1.29 is 0 Å². The van der Waals surface area contributed by atoms with E-state index in [1.54, 1.807) is 16.4 Å². The number of hydrogen-bond donors (Lipinski definition) is 0. The van der Waals surface area contributed by atoms with Gasteiger partial charge in [-0.15, -0.1) is 5.10 Å². The molecule has 0 N–H and O–H groups in total. The van der Waals surface area contributed by atoms with Crippen LogP contribution in [-0.2, 0) is 0 Å². The van der Waals surface area contributed by atoms with Crippen LogP contribution in [-0.4, -0.2) is 26.0 Å². The molecule has 0 aliphatic heterocycles. The van der Waals surface area contributed by atoms with Crippen molar-refractivity contribution in [2.45, 2.75) is 31.8 Å². The van der Waals surface area contributed by atoms with Crippen molar-refractivity contribution in [3.8, 4) is 5.69 Å². The van der Waals surface area contributed by atoms with Crippen LogP contribution in [0.5, 0.6) is 0 Å². The van der Waals surface area contributed by atoms with Gasteiger partial charge in [-0.25, -0.2) is 0 Å². The maximum atomic E-state index is 4.08. The van der Waals surface area contributed by atoms with Gasteiger partial charge in [0.05, 0.1) is 5.69 Å². The molecule has 1 aromatic heterocycles. The van der Waals surface area contributed by atoms with E-state index in [1.165, 1.54) is 12.8 Å². The third-order valence-corrected chi connectivity index (χ3v) is 3.93. The molecule has 2 aromatic rings. The van der Waals surface area contributed by atoms with E-state index in [1.807, 2.05) is 30.3 Å². The molecule has 0 saturated carbocycles. The summed E-state index contributed by atoms with van der Waals surface area (Å²) >= 11 is 1.72. The van der Waals surface area contributed by atoms with Crippen LogP contribution in [0, 0.1) is 5.92 Å². The van der Waals surface area contributed by atoms with E-state index < -0.39 is 0 Å². The Bertz CT molecular complexity index is 469. The predicted octanol–water partition coefficient (Wildman–Crippen LogP) is 3.19. The molecule has 0 aliphatic carbocycles. The zero-order chi connectivity index (χ0) is 12.8. The Kier molecular flexibility index (Phi) is 4.75. The molecule has 2 rings (SSSR count). The molecule has 0 radical (unpaired) electrons. The maximum Gasteiger partial charge on any atom is 0.214 e. The molecule has 1 heterocycles. The average molecular weight is 262 g/mol. The predicted molar refractivity (Wildman–Crippen MR) is 74.0 cm³/mol. The van der Waals surface area contributed by atoms with Crippen LogP contribution in [0.25, 0.3) is 5.69 Å². The van der Waals surface area contributed by atoms with Crippen LogP contribution in [0.1, 0.15) is 26.7 Å². The third kappa shape index (κ3) is 3.32. The first-order chi connectivity index (χ1) is 8.81. The van der Waals surface area contributed by atoms with Gasteiger partial charge in [-0.1, -0.05) is 50.2 Å². The quantitative estimate of drug-likeness (QED) is 0.750. The summed E-state index contributed by atoms with van der Waals surface area (Å²) < 4.78 is 1.79. The molecule has 5 heteroatoms. The van der Waals surface area contributed by atoms with Gasteiger partial charge in [0, 0.05) is 5.75 Å². The summed E-state index contributed by atoms with van der Waals surface area (Å²) in [6, 6.07) is 9.99. The molecule has 1 aromatic carbocycles. The summed E-state index contributed by atoms with van der Waals surface area (Å²) in [4.78, 5) is 0. The van der Waals surface area contributed by atoms with E-state index in [0.29, 0.717) is 0 Å². The van der Waals surface area contributed by atoms with Gasteiger partial charge in [0.25, 0.3) is 0 Å². The van der Waals surface area contributed by atoms with E-state index in [9.17, 15) is 0 Å². The number of benzene rings is 1. The standard InChI is InChI=1S/C13H18N4S/c1-3-11(2)9-10-18-13-14-15-16-17(13)12-7-5-4-6-8-12/h4-8,11H,3,9-10H2,1-2H3/t11-/m0/s1. The van der Waals surface area contributed by atoms with Gasteiger partial charge in [-0.3, -0.25) is 0 Å². The highest BCUT2D eigenvalue weighted by atomic mass is 32.2. The van der Waals surface area contributed by atoms with Gasteiger partial charge in [-0.05, 0) is 34.9 Å². The highest BCUT2D eigenvalue weighted by molar-refractivity contribution is 7.99. The lowest BCUT2D eigenvalue weighted by molar-refractivity contribution is 0.548. The molecule has 0 bridgehead atoms. The molecule has 96 valence electrons. The Morgan fingerprint density at radius 2 is 2.06 bits per heavy atom. The summed E-state index contributed by atoms with van der Waals surface area (Å²) in [6.07, 6.45) is 2.42. The van der Waals surface area contributed by atoms with Crippen LogP contribution < -0.4 is 0 Å². The minimum absolute atomic E-state index is 0.763. The Balaban J connectivity index is 2.00. The first kappa shape index (κ1) is 13.1. The van der Waals surface area contributed by atoms with Gasteiger partial charge in [-0.2, -0.15) is 4.68 Å². The number of rotatable bonds is 6. The summed E-state index contributed by atoms with van der Waals surface area (Å²) in [7, 11) is 0. The fourth-order valence-electron chi connectivity index (χ4n) is 1.56. The fourth-order valence-corrected chi connectivity index (χ4v) is 2.62. The molecule has 0 spiro atoms. The Morgan fingerprint density at radius 3 is 2.78 bits per heavy atom. The second kappa shape index (κ2) is 6.54. The minimum Gasteiger partial charge on any atom is -0.188 e. The second-order valence-electron chi connectivity index (χ2n) is 4.36. The van der Waals surface area contributed by atoms with Crippen LogP contribution in [0.4, 0.5) is 0 Å². The van der Waals surface area contributed by atoms with Gasteiger partial charge in [0.15, 0.2) is 0 Å². The number of nitrogens with zero attached hydrogens (tertiary/aromatic N) is 4. The summed E-state index contributed by atoms with van der Waals surface area (Å²) in [5.74, 6) is 1.82. The molecule has 18 heavy (non-hydrogen) atoms. The minimum atomic E-state index is 0.763. The monoisotopic (exact) mass is 262 g/mol. The molecule has 0 aliphatic rings. The van der Waals surface area contributed by atoms with Crippen LogP contribution in [0.2, 0.25) is 0 Å². The maximum absolute atomic E-state index is 4.08. The van der Waals surface area contributed by atoms with E-state index in [0.717, 1.165) is 22.5 Å². The van der Waals surface area contributed by atoms with Crippen LogP contribution in [0.3, 0.4) is 0 Å². The lowest BCUT2D eigenvalue weighted by Crippen LogP contribution is -2.00. The van der Waals surface area contributed by atoms with Crippen molar-refractivity contribution in [2.75, 3.05) is 5.75 Å². The SMILES string of the molecule is CC[C@H](C)CCSc1nnnn1-c1ccccc1. The highest BCUT2D eigenvalue weighted by Crippen LogP contribution is 2.20. The van der Waals surface area contributed by atoms with Gasteiger partial charge in [0.2, 0.25) is 5.16 Å². The molecular formula is C13H18N4S. The largest absolute Gasteiger partial charge is 0.214 e. The van der Waals surface area contributed by atoms with Crippen molar-refractivity contribution in [3.63, 3.8) is 0 Å². The molecule has 0 saturated heterocycles. The first-order valence-electron chi connectivity index (χ1n) is 6.28. The van der Waals surface area contributed by atoms with E-state index >= 15 is 0 Å². The molecule has 4 nitrogen and oxygen atoms in total. The normalized spacial score (nSPS) is 12.6. The average Bonchev–Trinajstić information content (AvgIpc) is 2.88. The van der Waals surface area contributed by atoms with Crippen molar-refractivity contribution in [2.24, 2.45) is 5.92 Å². The summed E-state index contributed by atoms with van der Waals surface area (Å²) in [5.41, 5.74) is 1.01. The van der Waals surface area contributed by atoms with Crippen LogP contribution >= 0.6 is 11.8 Å². The molecule has 0 fully saturated rings. The first-order valence-corrected chi connectivity index (χ1v) is 7.26. The Morgan fingerprint density at radius 1 is 1.28 bits per heavy atom. The van der Waals surface area contributed by atoms with Gasteiger partial charge >= 0.3 is 0 Å². The van der Waals surface area contributed by atoms with Crippen molar-refractivity contribution in [1.29, 1.82) is 0 Å². The molecular weight excluding hydrogens is 244 g/mol. The summed E-state index contributed by atoms with van der Waals surface area (Å²) in [6.45, 7) is 4.50. The topological polar surface area (TPSA) is 43.6 Å². The highest BCUT2D eigenvalue weighted by Gasteiger charge is 2.09. The lowest BCUT2D eigenvalue weighted by atomic mass is 10.1. The summed E-state index contributed by atoms with van der Waals surface area (Å²) in [5, 5.41) is 12.7. The van der Waals surface area contributed by atoms with E-state index in [2.05, 4.69) is 29.4 Å². The number of thioether (sulfide) groups is 1. The molecule has 0 amide bonds. The lowest BCUT2D eigenvalue weighted by Gasteiger charge is -2.07. The number of para-hydroxylation sites is 1. The van der Waals surface area contributed by atoms with Gasteiger partial charge < -0.3 is 0 Å². The Labute approximate surface area is 112 Å². The zero-order valence-corrected chi connectivity index (χ0v) is 11.6. The van der Waals surface area contributed by atoms with Crippen molar-refractivity contribution in [1.82, 2.24) is 20.2 Å². The molecule has 1 atom stereocenters. The van der Waals surface area contributed by atoms with E-state index in [-0.39, 0.29) is 0 Å². The zero-order valence-electron chi connectivity index (χ0n) is 10.8. The van der Waals surface area contributed by atoms with Crippen molar-refractivity contribution in [3.05, 3.63) is 30.3 Å². The Hall–Kier alpha value is -1.36. The number of aromatic nitrogens is 4. The second-order valence-corrected chi connectivity index (χ2v) is 5.42. The van der Waals surface area contributed by atoms with E-state index in [4.69, 9.17) is 0 Å². The smallest absolute Gasteiger partial charge is 0.188 e. The van der Waals surface area contributed by atoms with Gasteiger partial charge in [0.1, 0.15) is 0 Å².